The average Bonchev–Trinajstić information content (AvgIpc) is 2.77. The number of phenolic OH excluding ortho intramolecular Hbond substituents is 4. The zero-order valence-electron chi connectivity index (χ0n) is 16.4. The summed E-state index contributed by atoms with van der Waals surface area (Å²) in [6.07, 6.45) is -5.49. The Kier molecular flexibility index (Phi) is 6.87. The molecule has 0 aromatic heterocycles. The fraction of sp³-hybridized carbons (Fsp3) is 0.286. The summed E-state index contributed by atoms with van der Waals surface area (Å²) in [6.45, 7) is -0.680. The molecular formula is C21H22O11. The van der Waals surface area contributed by atoms with Gasteiger partial charge in [-0.15, -0.1) is 0 Å². The number of hydrogen-bond acceptors (Lipinski definition) is 11. The molecule has 11 heteroatoms. The van der Waals surface area contributed by atoms with Crippen molar-refractivity contribution in [2.75, 3.05) is 6.61 Å². The Balaban J connectivity index is 1.78. The Morgan fingerprint density at radius 3 is 2.31 bits per heavy atom. The van der Waals surface area contributed by atoms with Gasteiger partial charge in [-0.3, -0.25) is 4.79 Å². The van der Waals surface area contributed by atoms with Gasteiger partial charge in [-0.2, -0.15) is 0 Å². The Morgan fingerprint density at radius 2 is 1.66 bits per heavy atom. The third-order valence-corrected chi connectivity index (χ3v) is 4.90. The van der Waals surface area contributed by atoms with Gasteiger partial charge in [-0.1, -0.05) is 12.1 Å². The van der Waals surface area contributed by atoms with Crippen LogP contribution in [-0.4, -0.2) is 83.9 Å². The van der Waals surface area contributed by atoms with Crippen LogP contribution >= 0.6 is 0 Å². The average molecular weight is 450 g/mol. The summed E-state index contributed by atoms with van der Waals surface area (Å²) in [4.78, 5) is 12.4. The number of ether oxygens (including phenoxy) is 2. The Hall–Kier alpha value is -3.35. The zero-order chi connectivity index (χ0) is 23.6. The number of carbonyl (C=O) groups excluding carboxylic acids is 1. The van der Waals surface area contributed by atoms with Gasteiger partial charge in [0.25, 0.3) is 0 Å². The number of allylic oxidation sites excluding steroid dienone is 1. The third kappa shape index (κ3) is 4.61. The number of hydrogen-bond donors (Lipinski definition) is 8. The molecule has 2 aromatic carbocycles. The van der Waals surface area contributed by atoms with Gasteiger partial charge in [0.15, 0.2) is 28.8 Å². The number of ketones is 1. The van der Waals surface area contributed by atoms with Crippen molar-refractivity contribution in [1.29, 1.82) is 0 Å². The Labute approximate surface area is 181 Å². The van der Waals surface area contributed by atoms with E-state index in [1.165, 1.54) is 24.3 Å². The van der Waals surface area contributed by atoms with Crippen LogP contribution in [0.5, 0.6) is 28.7 Å². The quantitative estimate of drug-likeness (QED) is 0.162. The van der Waals surface area contributed by atoms with Crippen molar-refractivity contribution in [3.05, 3.63) is 47.5 Å². The van der Waals surface area contributed by atoms with Crippen LogP contribution in [0.1, 0.15) is 15.9 Å². The summed E-state index contributed by atoms with van der Waals surface area (Å²) in [6, 6.07) is 6.13. The van der Waals surface area contributed by atoms with Gasteiger partial charge in [0.1, 0.15) is 24.4 Å². The van der Waals surface area contributed by atoms with Crippen molar-refractivity contribution in [2.45, 2.75) is 30.7 Å². The largest absolute Gasteiger partial charge is 0.504 e. The van der Waals surface area contributed by atoms with E-state index in [1.807, 2.05) is 0 Å². The van der Waals surface area contributed by atoms with Crippen LogP contribution in [0.3, 0.4) is 0 Å². The minimum Gasteiger partial charge on any atom is -0.504 e. The minimum atomic E-state index is -1.74. The monoisotopic (exact) mass is 450 g/mol. The molecule has 0 bridgehead atoms. The number of carbonyl (C=O) groups is 1. The highest BCUT2D eigenvalue weighted by Gasteiger charge is 2.45. The van der Waals surface area contributed by atoms with Gasteiger partial charge in [-0.25, -0.2) is 0 Å². The summed E-state index contributed by atoms with van der Waals surface area (Å²) in [7, 11) is 0. The highest BCUT2D eigenvalue weighted by Crippen LogP contribution is 2.40. The molecule has 0 radical (unpaired) electrons. The molecule has 32 heavy (non-hydrogen) atoms. The van der Waals surface area contributed by atoms with Crippen molar-refractivity contribution < 1.29 is 55.1 Å². The number of aromatic hydroxyl groups is 4. The van der Waals surface area contributed by atoms with Crippen LogP contribution in [0.4, 0.5) is 0 Å². The Bertz CT molecular complexity index is 1020. The molecule has 5 atom stereocenters. The molecule has 1 heterocycles. The van der Waals surface area contributed by atoms with E-state index < -0.39 is 60.3 Å². The standard InChI is InChI=1S/C21H22O11/c22-8-15-18(28)19(29)20(30)21(32-15)31-14-6-3-10(16(26)17(14)27)11(23)4-1-9-2-5-12(24)13(25)7-9/h1-7,15,18-22,24-30H,8H2/b4-1+. The molecule has 3 rings (SSSR count). The topological polar surface area (TPSA) is 197 Å². The van der Waals surface area contributed by atoms with E-state index in [-0.39, 0.29) is 17.1 Å². The minimum absolute atomic E-state index is 0.289. The van der Waals surface area contributed by atoms with E-state index in [2.05, 4.69) is 0 Å². The SMILES string of the molecule is O=C(/C=C/c1ccc(O)c(O)c1)c1ccc(OC2OC(CO)C(O)C(O)C2O)c(O)c1O. The fourth-order valence-electron chi connectivity index (χ4n) is 3.05. The van der Waals surface area contributed by atoms with Crippen LogP contribution in [-0.2, 0) is 4.74 Å². The molecule has 0 aliphatic carbocycles. The smallest absolute Gasteiger partial charge is 0.229 e. The molecule has 1 saturated heterocycles. The maximum Gasteiger partial charge on any atom is 0.229 e. The molecular weight excluding hydrogens is 428 g/mol. The lowest BCUT2D eigenvalue weighted by molar-refractivity contribution is -0.277. The van der Waals surface area contributed by atoms with Gasteiger partial charge >= 0.3 is 0 Å². The maximum absolute atomic E-state index is 12.4. The molecule has 0 amide bonds. The van der Waals surface area contributed by atoms with Gasteiger partial charge in [0.05, 0.1) is 12.2 Å². The van der Waals surface area contributed by atoms with Crippen LogP contribution in [0.2, 0.25) is 0 Å². The first-order chi connectivity index (χ1) is 15.1. The highest BCUT2D eigenvalue weighted by molar-refractivity contribution is 6.09. The lowest BCUT2D eigenvalue weighted by Gasteiger charge is -2.39. The van der Waals surface area contributed by atoms with Gasteiger partial charge in [0.2, 0.25) is 12.0 Å². The summed E-state index contributed by atoms with van der Waals surface area (Å²) >= 11 is 0. The first-order valence-electron chi connectivity index (χ1n) is 9.40. The predicted molar refractivity (Wildman–Crippen MR) is 107 cm³/mol. The van der Waals surface area contributed by atoms with Crippen molar-refractivity contribution in [2.24, 2.45) is 0 Å². The molecule has 11 nitrogen and oxygen atoms in total. The number of phenols is 4. The van der Waals surface area contributed by atoms with Gasteiger partial charge in [0, 0.05) is 0 Å². The molecule has 172 valence electrons. The van der Waals surface area contributed by atoms with Crippen molar-refractivity contribution in [3.63, 3.8) is 0 Å². The van der Waals surface area contributed by atoms with Crippen molar-refractivity contribution >= 4 is 11.9 Å². The first-order valence-corrected chi connectivity index (χ1v) is 9.40. The van der Waals surface area contributed by atoms with Crippen molar-refractivity contribution in [3.8, 4) is 28.7 Å². The second-order valence-electron chi connectivity index (χ2n) is 7.07. The molecule has 1 aliphatic heterocycles. The van der Waals surface area contributed by atoms with Gasteiger partial charge in [-0.05, 0) is 35.9 Å². The predicted octanol–water partition coefficient (Wildman–Crippen LogP) is -0.416. The molecule has 2 aromatic rings. The molecule has 0 spiro atoms. The van der Waals surface area contributed by atoms with Crippen LogP contribution in [0.15, 0.2) is 36.4 Å². The first kappa shape index (κ1) is 23.3. The second kappa shape index (κ2) is 9.42. The van der Waals surface area contributed by atoms with E-state index in [0.29, 0.717) is 5.56 Å². The molecule has 1 aliphatic rings. The zero-order valence-corrected chi connectivity index (χ0v) is 16.4. The summed E-state index contributed by atoms with van der Waals surface area (Å²) in [5, 5.41) is 78.1. The molecule has 1 fully saturated rings. The van der Waals surface area contributed by atoms with Crippen LogP contribution in [0, 0.1) is 0 Å². The lowest BCUT2D eigenvalue weighted by atomic mass is 9.99. The number of aliphatic hydroxyl groups is 4. The highest BCUT2D eigenvalue weighted by atomic mass is 16.7. The maximum atomic E-state index is 12.4. The second-order valence-corrected chi connectivity index (χ2v) is 7.07. The van der Waals surface area contributed by atoms with Crippen LogP contribution in [0.25, 0.3) is 6.08 Å². The number of benzene rings is 2. The van der Waals surface area contributed by atoms with Crippen molar-refractivity contribution in [1.82, 2.24) is 0 Å². The third-order valence-electron chi connectivity index (χ3n) is 4.90. The van der Waals surface area contributed by atoms with E-state index in [0.717, 1.165) is 18.2 Å². The number of rotatable bonds is 6. The molecule has 8 N–H and O–H groups in total. The normalized spacial score (nSPS) is 25.7. The summed E-state index contributed by atoms with van der Waals surface area (Å²) in [5.41, 5.74) is 0.0998. The fourth-order valence-corrected chi connectivity index (χ4v) is 3.05. The van der Waals surface area contributed by atoms with E-state index >= 15 is 0 Å². The summed E-state index contributed by atoms with van der Waals surface area (Å²) < 4.78 is 10.4. The number of aliphatic hydroxyl groups excluding tert-OH is 4. The van der Waals surface area contributed by atoms with Crippen LogP contribution < -0.4 is 4.74 Å². The van der Waals surface area contributed by atoms with E-state index in [9.17, 15) is 45.6 Å². The van der Waals surface area contributed by atoms with E-state index in [1.54, 1.807) is 0 Å². The van der Waals surface area contributed by atoms with Gasteiger partial charge < -0.3 is 50.3 Å². The molecule has 0 saturated carbocycles. The molecule has 5 unspecified atom stereocenters. The van der Waals surface area contributed by atoms with E-state index in [4.69, 9.17) is 9.47 Å². The lowest BCUT2D eigenvalue weighted by Crippen LogP contribution is -2.60. The summed E-state index contributed by atoms with van der Waals surface area (Å²) in [5.74, 6) is -3.47. The Morgan fingerprint density at radius 1 is 0.938 bits per heavy atom.